The zero-order valence-corrected chi connectivity index (χ0v) is 14.4. The average molecular weight is 329 g/mol. The Morgan fingerprint density at radius 3 is 2.71 bits per heavy atom. The van der Waals surface area contributed by atoms with E-state index in [1.54, 1.807) is 0 Å². The van der Waals surface area contributed by atoms with Crippen molar-refractivity contribution in [2.45, 2.75) is 32.6 Å². The number of amides is 1. The Morgan fingerprint density at radius 1 is 1.21 bits per heavy atom. The molecule has 5 nitrogen and oxygen atoms in total. The Labute approximate surface area is 144 Å². The first-order chi connectivity index (χ1) is 11.8. The minimum Gasteiger partial charge on any atom is -0.390 e. The van der Waals surface area contributed by atoms with Gasteiger partial charge in [0.2, 0.25) is 0 Å². The molecule has 24 heavy (non-hydrogen) atoms. The summed E-state index contributed by atoms with van der Waals surface area (Å²) in [5.74, 6) is -0.342. The molecule has 2 N–H and O–H groups in total. The van der Waals surface area contributed by atoms with Crippen molar-refractivity contribution in [2.24, 2.45) is 0 Å². The van der Waals surface area contributed by atoms with E-state index in [2.05, 4.69) is 22.8 Å². The highest BCUT2D eigenvalue weighted by Gasteiger charge is 2.07. The van der Waals surface area contributed by atoms with E-state index in [-0.39, 0.29) is 11.5 Å². The molecule has 0 saturated carbocycles. The van der Waals surface area contributed by atoms with Gasteiger partial charge in [-0.2, -0.15) is 5.26 Å². The summed E-state index contributed by atoms with van der Waals surface area (Å²) < 4.78 is 5.19. The molecule has 0 radical (unpaired) electrons. The molecule has 1 aromatic carbocycles. The Bertz CT molecular complexity index is 535. The molecule has 1 aromatic rings. The van der Waals surface area contributed by atoms with Crippen LogP contribution in [-0.2, 0) is 16.0 Å². The van der Waals surface area contributed by atoms with Gasteiger partial charge in [0, 0.05) is 32.5 Å². The lowest BCUT2D eigenvalue weighted by atomic mass is 10.1. The largest absolute Gasteiger partial charge is 0.390 e. The molecule has 0 bridgehead atoms. The highest BCUT2D eigenvalue weighted by Crippen LogP contribution is 2.03. The first-order valence-electron chi connectivity index (χ1n) is 8.51. The Hall–Kier alpha value is -2.32. The number of carbonyl (C=O) groups excluding carboxylic acids is 1. The molecule has 0 aliphatic rings. The van der Waals surface area contributed by atoms with Gasteiger partial charge in [0.1, 0.15) is 11.6 Å². The first-order valence-corrected chi connectivity index (χ1v) is 8.51. The SMILES string of the molecule is CCOCCCNC(=O)/C(C#N)=C\NCCCCc1ccccc1. The minimum absolute atomic E-state index is 0.106. The van der Waals surface area contributed by atoms with E-state index in [1.165, 1.54) is 11.8 Å². The van der Waals surface area contributed by atoms with Crippen molar-refractivity contribution in [3.05, 3.63) is 47.7 Å². The van der Waals surface area contributed by atoms with Gasteiger partial charge in [0.15, 0.2) is 0 Å². The van der Waals surface area contributed by atoms with Crippen LogP contribution < -0.4 is 10.6 Å². The average Bonchev–Trinajstić information content (AvgIpc) is 2.61. The molecule has 1 rings (SSSR count). The fraction of sp³-hybridized carbons (Fsp3) is 0.474. The molecular weight excluding hydrogens is 302 g/mol. The molecule has 0 heterocycles. The van der Waals surface area contributed by atoms with E-state index in [1.807, 2.05) is 31.2 Å². The molecule has 0 unspecified atom stereocenters. The van der Waals surface area contributed by atoms with E-state index in [4.69, 9.17) is 10.00 Å². The Kier molecular flexibility index (Phi) is 10.8. The van der Waals surface area contributed by atoms with Gasteiger partial charge < -0.3 is 15.4 Å². The first kappa shape index (κ1) is 19.7. The van der Waals surface area contributed by atoms with Gasteiger partial charge in [-0.3, -0.25) is 4.79 Å². The van der Waals surface area contributed by atoms with Crippen LogP contribution in [0.5, 0.6) is 0 Å². The van der Waals surface area contributed by atoms with Crippen LogP contribution in [-0.4, -0.2) is 32.2 Å². The van der Waals surface area contributed by atoms with Crippen LogP contribution in [0.15, 0.2) is 42.1 Å². The lowest BCUT2D eigenvalue weighted by Gasteiger charge is -2.05. The molecule has 0 aromatic heterocycles. The van der Waals surface area contributed by atoms with E-state index in [0.717, 1.165) is 32.2 Å². The summed E-state index contributed by atoms with van der Waals surface area (Å²) in [6, 6.07) is 12.3. The van der Waals surface area contributed by atoms with Crippen LogP contribution in [0.3, 0.4) is 0 Å². The van der Waals surface area contributed by atoms with Crippen LogP contribution in [0.2, 0.25) is 0 Å². The highest BCUT2D eigenvalue weighted by molar-refractivity contribution is 5.97. The molecule has 5 heteroatoms. The second kappa shape index (κ2) is 13.1. The fourth-order valence-electron chi connectivity index (χ4n) is 2.14. The summed E-state index contributed by atoms with van der Waals surface area (Å²) in [6.45, 7) is 4.47. The van der Waals surface area contributed by atoms with E-state index in [0.29, 0.717) is 19.8 Å². The lowest BCUT2D eigenvalue weighted by Crippen LogP contribution is -2.27. The lowest BCUT2D eigenvalue weighted by molar-refractivity contribution is -0.117. The van der Waals surface area contributed by atoms with Crippen molar-refractivity contribution in [3.63, 3.8) is 0 Å². The van der Waals surface area contributed by atoms with Crippen LogP contribution in [0, 0.1) is 11.3 Å². The molecule has 0 spiro atoms. The number of unbranched alkanes of at least 4 members (excludes halogenated alkanes) is 1. The number of nitrogens with one attached hydrogen (secondary N) is 2. The third kappa shape index (κ3) is 8.96. The van der Waals surface area contributed by atoms with Gasteiger partial charge in [-0.05, 0) is 38.2 Å². The molecule has 130 valence electrons. The molecule has 0 fully saturated rings. The third-order valence-electron chi connectivity index (χ3n) is 3.45. The molecule has 0 saturated heterocycles. The smallest absolute Gasteiger partial charge is 0.263 e. The van der Waals surface area contributed by atoms with Gasteiger partial charge >= 0.3 is 0 Å². The summed E-state index contributed by atoms with van der Waals surface area (Å²) in [5, 5.41) is 14.8. The summed E-state index contributed by atoms with van der Waals surface area (Å²) >= 11 is 0. The van der Waals surface area contributed by atoms with Gasteiger partial charge in [0.05, 0.1) is 0 Å². The number of carbonyl (C=O) groups is 1. The summed E-state index contributed by atoms with van der Waals surface area (Å²) in [6.07, 6.45) is 5.33. The number of ether oxygens (including phenoxy) is 1. The van der Waals surface area contributed by atoms with Crippen LogP contribution in [0.4, 0.5) is 0 Å². The third-order valence-corrected chi connectivity index (χ3v) is 3.45. The fourth-order valence-corrected chi connectivity index (χ4v) is 2.14. The van der Waals surface area contributed by atoms with Crippen LogP contribution >= 0.6 is 0 Å². The zero-order valence-electron chi connectivity index (χ0n) is 14.4. The van der Waals surface area contributed by atoms with Crippen molar-refractivity contribution >= 4 is 5.91 Å². The van der Waals surface area contributed by atoms with Crippen LogP contribution in [0.1, 0.15) is 31.7 Å². The molecule has 0 atom stereocenters. The monoisotopic (exact) mass is 329 g/mol. The second-order valence-corrected chi connectivity index (χ2v) is 5.37. The maximum absolute atomic E-state index is 11.8. The number of hydrogen-bond donors (Lipinski definition) is 2. The molecular formula is C19H27N3O2. The molecule has 0 aliphatic carbocycles. The topological polar surface area (TPSA) is 74.1 Å². The van der Waals surface area contributed by atoms with Crippen molar-refractivity contribution in [2.75, 3.05) is 26.3 Å². The standard InChI is InChI=1S/C19H27N3O2/c1-2-24-14-8-13-22-19(23)18(15-20)16-21-12-7-6-11-17-9-4-3-5-10-17/h3-5,9-10,16,21H,2,6-8,11-14H2,1H3,(H,22,23)/b18-16-. The zero-order chi connectivity index (χ0) is 17.5. The van der Waals surface area contributed by atoms with Gasteiger partial charge in [-0.15, -0.1) is 0 Å². The second-order valence-electron chi connectivity index (χ2n) is 5.37. The summed E-state index contributed by atoms with van der Waals surface area (Å²) in [4.78, 5) is 11.8. The highest BCUT2D eigenvalue weighted by atomic mass is 16.5. The van der Waals surface area contributed by atoms with E-state index < -0.39 is 0 Å². The number of hydrogen-bond acceptors (Lipinski definition) is 4. The van der Waals surface area contributed by atoms with Gasteiger partial charge in [0.25, 0.3) is 5.91 Å². The maximum Gasteiger partial charge on any atom is 0.263 e. The van der Waals surface area contributed by atoms with Crippen molar-refractivity contribution in [1.82, 2.24) is 10.6 Å². The molecule has 1 amide bonds. The minimum atomic E-state index is -0.342. The summed E-state index contributed by atoms with van der Waals surface area (Å²) in [5.41, 5.74) is 1.44. The predicted octanol–water partition coefficient (Wildman–Crippen LogP) is 2.55. The summed E-state index contributed by atoms with van der Waals surface area (Å²) in [7, 11) is 0. The number of aryl methyl sites for hydroxylation is 1. The Morgan fingerprint density at radius 2 is 2.00 bits per heavy atom. The Balaban J connectivity index is 2.16. The predicted molar refractivity (Wildman–Crippen MR) is 95.2 cm³/mol. The van der Waals surface area contributed by atoms with Crippen LogP contribution in [0.25, 0.3) is 0 Å². The van der Waals surface area contributed by atoms with Crippen molar-refractivity contribution in [3.8, 4) is 6.07 Å². The van der Waals surface area contributed by atoms with Crippen molar-refractivity contribution < 1.29 is 9.53 Å². The number of nitriles is 1. The van der Waals surface area contributed by atoms with E-state index in [9.17, 15) is 4.79 Å². The normalized spacial score (nSPS) is 10.9. The van der Waals surface area contributed by atoms with Gasteiger partial charge in [-0.1, -0.05) is 30.3 Å². The maximum atomic E-state index is 11.8. The number of nitrogens with zero attached hydrogens (tertiary/aromatic N) is 1. The van der Waals surface area contributed by atoms with Crippen molar-refractivity contribution in [1.29, 1.82) is 5.26 Å². The number of rotatable bonds is 12. The van der Waals surface area contributed by atoms with E-state index >= 15 is 0 Å². The quantitative estimate of drug-likeness (QED) is 0.351. The number of benzene rings is 1. The molecule has 0 aliphatic heterocycles. The van der Waals surface area contributed by atoms with Gasteiger partial charge in [-0.25, -0.2) is 0 Å².